The van der Waals surface area contributed by atoms with E-state index in [1.807, 2.05) is 24.3 Å². The van der Waals surface area contributed by atoms with Crippen molar-refractivity contribution in [3.05, 3.63) is 94.5 Å². The molecule has 35 heavy (non-hydrogen) atoms. The Morgan fingerprint density at radius 1 is 0.886 bits per heavy atom. The van der Waals surface area contributed by atoms with Crippen molar-refractivity contribution in [1.82, 2.24) is 0 Å². The quantitative estimate of drug-likeness (QED) is 0.464. The normalized spacial score (nSPS) is 16.5. The third-order valence-electron chi connectivity index (χ3n) is 7.27. The highest BCUT2D eigenvalue weighted by atomic mass is 16.4. The molecule has 0 atom stereocenters. The predicted molar refractivity (Wildman–Crippen MR) is 138 cm³/mol. The molecule has 5 nitrogen and oxygen atoms in total. The van der Waals surface area contributed by atoms with Crippen molar-refractivity contribution in [2.45, 2.75) is 32.1 Å². The van der Waals surface area contributed by atoms with Crippen molar-refractivity contribution in [2.24, 2.45) is 5.92 Å². The summed E-state index contributed by atoms with van der Waals surface area (Å²) in [7, 11) is 0. The summed E-state index contributed by atoms with van der Waals surface area (Å²) in [5.74, 6) is -0.510. The molecule has 1 heterocycles. The second-order valence-electron chi connectivity index (χ2n) is 9.44. The Morgan fingerprint density at radius 3 is 2.23 bits per heavy atom. The van der Waals surface area contributed by atoms with Crippen LogP contribution in [0.25, 0.3) is 11.1 Å². The number of anilines is 1. The molecule has 0 bridgehead atoms. The van der Waals surface area contributed by atoms with E-state index in [0.717, 1.165) is 85.0 Å². The molecular formula is C30H29NO4. The van der Waals surface area contributed by atoms with E-state index in [2.05, 4.69) is 29.2 Å². The molecule has 1 saturated heterocycles. The molecule has 0 radical (unpaired) electrons. The van der Waals surface area contributed by atoms with Crippen LogP contribution in [0.5, 0.6) is 5.75 Å². The maximum Gasteiger partial charge on any atom is 0.335 e. The van der Waals surface area contributed by atoms with Gasteiger partial charge in [0.2, 0.25) is 0 Å². The van der Waals surface area contributed by atoms with Crippen molar-refractivity contribution in [3.63, 3.8) is 0 Å². The van der Waals surface area contributed by atoms with Crippen LogP contribution < -0.4 is 4.90 Å². The number of aldehydes is 1. The lowest BCUT2D eigenvalue weighted by atomic mass is 9.87. The summed E-state index contributed by atoms with van der Waals surface area (Å²) in [5, 5.41) is 19.3. The average molecular weight is 468 g/mol. The lowest BCUT2D eigenvalue weighted by molar-refractivity contribution is -0.111. The van der Waals surface area contributed by atoms with Gasteiger partial charge in [-0.05, 0) is 102 Å². The second-order valence-corrected chi connectivity index (χ2v) is 9.44. The minimum atomic E-state index is -0.913. The molecule has 0 spiro atoms. The maximum atomic E-state index is 11.6. The average Bonchev–Trinajstić information content (AvgIpc) is 3.08. The molecule has 2 aliphatic rings. The number of aromatic carboxylic acids is 1. The molecule has 0 unspecified atom stereocenters. The van der Waals surface area contributed by atoms with Crippen LogP contribution in [-0.2, 0) is 11.2 Å². The lowest BCUT2D eigenvalue weighted by Crippen LogP contribution is -2.34. The number of carboxylic acid groups (broad SMARTS) is 1. The van der Waals surface area contributed by atoms with Crippen LogP contribution in [0, 0.1) is 5.92 Å². The van der Waals surface area contributed by atoms with Gasteiger partial charge in [0.25, 0.3) is 0 Å². The number of aromatic hydroxyl groups is 1. The summed E-state index contributed by atoms with van der Waals surface area (Å²) in [5.41, 5.74) is 8.05. The van der Waals surface area contributed by atoms with E-state index >= 15 is 0 Å². The number of carbonyl (C=O) groups excluding carboxylic acids is 1. The van der Waals surface area contributed by atoms with Gasteiger partial charge < -0.3 is 19.9 Å². The first-order valence-corrected chi connectivity index (χ1v) is 12.2. The zero-order valence-corrected chi connectivity index (χ0v) is 19.6. The largest absolute Gasteiger partial charge is 0.508 e. The van der Waals surface area contributed by atoms with Crippen molar-refractivity contribution in [1.29, 1.82) is 0 Å². The summed E-state index contributed by atoms with van der Waals surface area (Å²) < 4.78 is 0. The van der Waals surface area contributed by atoms with Crippen LogP contribution in [0.3, 0.4) is 0 Å². The molecule has 1 aliphatic carbocycles. The molecule has 0 saturated carbocycles. The van der Waals surface area contributed by atoms with Crippen LogP contribution >= 0.6 is 0 Å². The molecule has 0 amide bonds. The number of rotatable bonds is 5. The van der Waals surface area contributed by atoms with Gasteiger partial charge in [-0.15, -0.1) is 0 Å². The maximum absolute atomic E-state index is 11.6. The first kappa shape index (κ1) is 22.9. The fourth-order valence-electron chi connectivity index (χ4n) is 5.33. The smallest absolute Gasteiger partial charge is 0.335 e. The van der Waals surface area contributed by atoms with Crippen LogP contribution in [0.2, 0.25) is 0 Å². The number of carbonyl (C=O) groups is 2. The highest BCUT2D eigenvalue weighted by molar-refractivity contribution is 6.00. The molecular weight excluding hydrogens is 438 g/mol. The predicted octanol–water partition coefficient (Wildman–Crippen LogP) is 5.80. The van der Waals surface area contributed by atoms with Crippen LogP contribution in [0.15, 0.2) is 66.7 Å². The van der Waals surface area contributed by atoms with Gasteiger partial charge in [0.05, 0.1) is 5.56 Å². The number of hydrogen-bond acceptors (Lipinski definition) is 4. The molecule has 3 aromatic rings. The van der Waals surface area contributed by atoms with Gasteiger partial charge >= 0.3 is 5.97 Å². The topological polar surface area (TPSA) is 77.8 Å². The van der Waals surface area contributed by atoms with E-state index in [-0.39, 0.29) is 11.7 Å². The summed E-state index contributed by atoms with van der Waals surface area (Å²) in [4.78, 5) is 25.0. The Bertz CT molecular complexity index is 1270. The Balaban J connectivity index is 1.59. The third-order valence-corrected chi connectivity index (χ3v) is 7.27. The van der Waals surface area contributed by atoms with E-state index in [0.29, 0.717) is 5.56 Å². The first-order chi connectivity index (χ1) is 17.0. The molecule has 0 aromatic heterocycles. The molecule has 3 aromatic carbocycles. The lowest BCUT2D eigenvalue weighted by Gasteiger charge is -2.31. The number of aryl methyl sites for hydroxylation is 1. The highest BCUT2D eigenvalue weighted by Crippen LogP contribution is 2.41. The van der Waals surface area contributed by atoms with Crippen molar-refractivity contribution >= 4 is 29.1 Å². The summed E-state index contributed by atoms with van der Waals surface area (Å²) in [6, 6.07) is 21.4. The number of phenolic OH excluding ortho intramolecular Hbond substituents is 1. The van der Waals surface area contributed by atoms with E-state index < -0.39 is 5.97 Å². The van der Waals surface area contributed by atoms with E-state index in [4.69, 9.17) is 0 Å². The third kappa shape index (κ3) is 4.72. The molecule has 178 valence electrons. The number of carboxylic acids is 1. The molecule has 1 aliphatic heterocycles. The summed E-state index contributed by atoms with van der Waals surface area (Å²) in [6.07, 6.45) is 5.45. The first-order valence-electron chi connectivity index (χ1n) is 12.2. The number of piperidine rings is 1. The Morgan fingerprint density at radius 2 is 1.57 bits per heavy atom. The molecule has 1 fully saturated rings. The summed E-state index contributed by atoms with van der Waals surface area (Å²) >= 11 is 0. The van der Waals surface area contributed by atoms with Gasteiger partial charge in [0.1, 0.15) is 12.0 Å². The molecule has 5 rings (SSSR count). The number of allylic oxidation sites excluding steroid dienone is 1. The van der Waals surface area contributed by atoms with Gasteiger partial charge in [-0.2, -0.15) is 0 Å². The van der Waals surface area contributed by atoms with Crippen molar-refractivity contribution in [2.75, 3.05) is 18.0 Å². The van der Waals surface area contributed by atoms with Crippen LogP contribution in [0.1, 0.15) is 58.3 Å². The Kier molecular flexibility index (Phi) is 6.41. The zero-order valence-electron chi connectivity index (χ0n) is 19.6. The Hall–Kier alpha value is -3.86. The van der Waals surface area contributed by atoms with E-state index in [1.54, 1.807) is 18.2 Å². The minimum absolute atomic E-state index is 0.168. The number of benzene rings is 3. The fourth-order valence-corrected chi connectivity index (χ4v) is 5.33. The van der Waals surface area contributed by atoms with E-state index in [9.17, 15) is 19.8 Å². The van der Waals surface area contributed by atoms with Crippen LogP contribution in [-0.4, -0.2) is 35.6 Å². The molecule has 5 heteroatoms. The van der Waals surface area contributed by atoms with Crippen LogP contribution in [0.4, 0.5) is 5.69 Å². The van der Waals surface area contributed by atoms with Gasteiger partial charge in [-0.3, -0.25) is 0 Å². The summed E-state index contributed by atoms with van der Waals surface area (Å²) in [6.45, 7) is 1.76. The second kappa shape index (κ2) is 9.79. The minimum Gasteiger partial charge on any atom is -0.508 e. The van der Waals surface area contributed by atoms with Gasteiger partial charge in [0.15, 0.2) is 0 Å². The standard InChI is InChI=1S/C30H29NO4/c32-19-20-14-16-31(17-15-20)25-9-4-22(5-10-25)29-27(21-6-11-26(33)12-7-21)3-1-2-23-18-24(30(34)35)8-13-28(23)29/h4-13,18-20,33H,1-3,14-17H2,(H,34,35). The van der Waals surface area contributed by atoms with Crippen molar-refractivity contribution < 1.29 is 19.8 Å². The van der Waals surface area contributed by atoms with Gasteiger partial charge in [-0.1, -0.05) is 30.3 Å². The van der Waals surface area contributed by atoms with Gasteiger partial charge in [0, 0.05) is 24.7 Å². The number of hydrogen-bond donors (Lipinski definition) is 2. The van der Waals surface area contributed by atoms with E-state index in [1.165, 1.54) is 5.57 Å². The number of phenols is 1. The SMILES string of the molecule is O=CC1CCN(c2ccc(C3=C(c4ccc(O)cc4)CCCc4cc(C(=O)O)ccc43)cc2)CC1. The highest BCUT2D eigenvalue weighted by Gasteiger charge is 2.23. The number of nitrogens with zero attached hydrogens (tertiary/aromatic N) is 1. The monoisotopic (exact) mass is 467 g/mol. The number of fused-ring (bicyclic) bond motifs is 1. The molecule has 2 N–H and O–H groups in total. The van der Waals surface area contributed by atoms with Gasteiger partial charge in [-0.25, -0.2) is 4.79 Å². The zero-order chi connectivity index (χ0) is 24.4. The van der Waals surface area contributed by atoms with Crippen molar-refractivity contribution in [3.8, 4) is 5.75 Å². The Labute approximate surface area is 205 Å². The fraction of sp³-hybridized carbons (Fsp3) is 0.267.